The van der Waals surface area contributed by atoms with Crippen LogP contribution in [0.4, 0.5) is 4.79 Å². The maximum atomic E-state index is 12.2. The molecule has 9 heteroatoms. The Morgan fingerprint density at radius 1 is 0.659 bits per heavy atom. The molecular weight excluding hydrogens is 526 g/mol. The van der Waals surface area contributed by atoms with Gasteiger partial charge in [0.2, 0.25) is 0 Å². The smallest absolute Gasteiger partial charge is 0.407 e. The Kier molecular flexibility index (Phi) is 12.6. The van der Waals surface area contributed by atoms with Crippen molar-refractivity contribution in [3.63, 3.8) is 0 Å². The van der Waals surface area contributed by atoms with E-state index in [0.717, 1.165) is 6.29 Å². The molecule has 1 aliphatic carbocycles. The first-order valence-electron chi connectivity index (χ1n) is 13.8. The molecule has 0 saturated heterocycles. The number of carbonyl (C=O) groups is 2. The van der Waals surface area contributed by atoms with Crippen LogP contribution < -0.4 is 10.1 Å². The fourth-order valence-corrected chi connectivity index (χ4v) is 4.50. The molecule has 0 heterocycles. The maximum absolute atomic E-state index is 12.2. The molecule has 0 unspecified atom stereocenters. The fourth-order valence-electron chi connectivity index (χ4n) is 4.50. The van der Waals surface area contributed by atoms with Crippen molar-refractivity contribution < 1.29 is 38.0 Å². The average molecular weight is 564 g/mol. The molecule has 1 aliphatic rings. The van der Waals surface area contributed by atoms with Gasteiger partial charge in [-0.25, -0.2) is 4.79 Å². The summed E-state index contributed by atoms with van der Waals surface area (Å²) in [5, 5.41) is 2.73. The minimum Gasteiger partial charge on any atom is -0.491 e. The van der Waals surface area contributed by atoms with Gasteiger partial charge in [-0.05, 0) is 46.5 Å². The van der Waals surface area contributed by atoms with Gasteiger partial charge < -0.3 is 33.7 Å². The molecule has 3 aromatic carbocycles. The van der Waals surface area contributed by atoms with Crippen LogP contribution in [0, 0.1) is 0 Å². The summed E-state index contributed by atoms with van der Waals surface area (Å²) in [6.45, 7) is 4.61. The van der Waals surface area contributed by atoms with E-state index in [1.807, 2.05) is 24.3 Å². The van der Waals surface area contributed by atoms with Crippen LogP contribution in [0.25, 0.3) is 11.1 Å². The molecule has 0 saturated carbocycles. The number of nitrogens with one attached hydrogen (secondary N) is 1. The van der Waals surface area contributed by atoms with E-state index in [4.69, 9.17) is 28.4 Å². The number of alkyl carbamates (subject to hydrolysis) is 1. The lowest BCUT2D eigenvalue weighted by Crippen LogP contribution is -2.29. The van der Waals surface area contributed by atoms with Crippen LogP contribution >= 0.6 is 0 Å². The molecule has 1 amide bonds. The number of benzene rings is 3. The van der Waals surface area contributed by atoms with Crippen molar-refractivity contribution in [2.24, 2.45) is 0 Å². The van der Waals surface area contributed by atoms with Gasteiger partial charge in [-0.1, -0.05) is 48.5 Å². The molecule has 3 aromatic rings. The molecule has 0 radical (unpaired) electrons. The molecule has 0 aliphatic heterocycles. The summed E-state index contributed by atoms with van der Waals surface area (Å²) in [4.78, 5) is 22.8. The number of hydrogen-bond donors (Lipinski definition) is 1. The van der Waals surface area contributed by atoms with Crippen molar-refractivity contribution in [2.75, 3.05) is 72.6 Å². The van der Waals surface area contributed by atoms with Gasteiger partial charge in [-0.15, -0.1) is 0 Å². The highest BCUT2D eigenvalue weighted by Crippen LogP contribution is 2.44. The maximum Gasteiger partial charge on any atom is 0.407 e. The van der Waals surface area contributed by atoms with E-state index >= 15 is 0 Å². The SMILES string of the molecule is O=Cc1ccc(OCCOCCOCCOCCOCCNC(=O)OCC2c3ccccc3-c3ccccc32)cc1. The number of hydrogen-bond acceptors (Lipinski definition) is 8. The topological polar surface area (TPSA) is 102 Å². The highest BCUT2D eigenvalue weighted by molar-refractivity contribution is 5.79. The molecule has 218 valence electrons. The summed E-state index contributed by atoms with van der Waals surface area (Å²) in [5.41, 5.74) is 5.39. The van der Waals surface area contributed by atoms with Crippen molar-refractivity contribution in [3.05, 3.63) is 89.5 Å². The van der Waals surface area contributed by atoms with Crippen molar-refractivity contribution in [2.45, 2.75) is 5.92 Å². The lowest BCUT2D eigenvalue weighted by atomic mass is 9.98. The third-order valence-electron chi connectivity index (χ3n) is 6.49. The van der Waals surface area contributed by atoms with Gasteiger partial charge >= 0.3 is 6.09 Å². The standard InChI is InChI=1S/C32H37NO8/c34-23-25-9-11-26(12-10-25)40-22-21-39-20-19-38-18-17-37-16-15-36-14-13-33-32(35)41-24-31-29-7-3-1-5-27(29)28-6-2-4-8-30(28)31/h1-12,23,31H,13-22,24H2,(H,33,35). The highest BCUT2D eigenvalue weighted by Gasteiger charge is 2.28. The van der Waals surface area contributed by atoms with E-state index in [2.05, 4.69) is 29.6 Å². The number of carbonyl (C=O) groups excluding carboxylic acids is 2. The second kappa shape index (κ2) is 17.1. The molecular formula is C32H37NO8. The van der Waals surface area contributed by atoms with E-state index in [9.17, 15) is 9.59 Å². The van der Waals surface area contributed by atoms with E-state index < -0.39 is 6.09 Å². The molecule has 41 heavy (non-hydrogen) atoms. The van der Waals surface area contributed by atoms with Crippen LogP contribution in [0.3, 0.4) is 0 Å². The number of ether oxygens (including phenoxy) is 6. The van der Waals surface area contributed by atoms with Gasteiger partial charge in [-0.3, -0.25) is 4.79 Å². The van der Waals surface area contributed by atoms with E-state index in [1.165, 1.54) is 22.3 Å². The van der Waals surface area contributed by atoms with Gasteiger partial charge in [-0.2, -0.15) is 0 Å². The summed E-state index contributed by atoms with van der Waals surface area (Å²) in [7, 11) is 0. The highest BCUT2D eigenvalue weighted by atomic mass is 16.6. The van der Waals surface area contributed by atoms with Gasteiger partial charge in [0.1, 0.15) is 25.2 Å². The third-order valence-corrected chi connectivity index (χ3v) is 6.49. The van der Waals surface area contributed by atoms with Gasteiger partial charge in [0, 0.05) is 18.0 Å². The van der Waals surface area contributed by atoms with Crippen LogP contribution in [0.2, 0.25) is 0 Å². The minimum absolute atomic E-state index is 0.0398. The largest absolute Gasteiger partial charge is 0.491 e. The second-order valence-electron chi connectivity index (χ2n) is 9.24. The normalized spacial score (nSPS) is 12.0. The first-order valence-corrected chi connectivity index (χ1v) is 13.8. The quantitative estimate of drug-likeness (QED) is 0.168. The fraction of sp³-hybridized carbons (Fsp3) is 0.375. The summed E-state index contributed by atoms with van der Waals surface area (Å²) >= 11 is 0. The lowest BCUT2D eigenvalue weighted by Gasteiger charge is -2.14. The zero-order valence-electron chi connectivity index (χ0n) is 23.1. The molecule has 1 N–H and O–H groups in total. The Hall–Kier alpha value is -3.76. The van der Waals surface area contributed by atoms with Gasteiger partial charge in [0.05, 0.1) is 52.9 Å². The van der Waals surface area contributed by atoms with Crippen LogP contribution in [-0.4, -0.2) is 85.0 Å². The molecule has 0 fully saturated rings. The van der Waals surface area contributed by atoms with E-state index in [0.29, 0.717) is 77.3 Å². The Bertz CT molecular complexity index is 1170. The molecule has 0 bridgehead atoms. The van der Waals surface area contributed by atoms with Crippen LogP contribution in [0.5, 0.6) is 5.75 Å². The van der Waals surface area contributed by atoms with Crippen molar-refractivity contribution in [3.8, 4) is 16.9 Å². The number of aldehydes is 1. The summed E-state index contributed by atoms with van der Waals surface area (Å²) in [5.74, 6) is 0.737. The first kappa shape index (κ1) is 30.2. The number of rotatable bonds is 19. The molecule has 9 nitrogen and oxygen atoms in total. The Labute approximate surface area is 240 Å². The zero-order valence-corrected chi connectivity index (χ0v) is 23.1. The zero-order chi connectivity index (χ0) is 28.5. The van der Waals surface area contributed by atoms with E-state index in [-0.39, 0.29) is 12.5 Å². The average Bonchev–Trinajstić information content (AvgIpc) is 3.33. The number of amides is 1. The Morgan fingerprint density at radius 2 is 1.17 bits per heavy atom. The van der Waals surface area contributed by atoms with Crippen LogP contribution in [-0.2, 0) is 23.7 Å². The predicted octanol–water partition coefficient (Wildman–Crippen LogP) is 4.48. The minimum atomic E-state index is -0.453. The molecule has 4 rings (SSSR count). The van der Waals surface area contributed by atoms with Crippen molar-refractivity contribution >= 4 is 12.4 Å². The summed E-state index contributed by atoms with van der Waals surface area (Å²) in [6.07, 6.45) is 0.342. The molecule has 0 atom stereocenters. The number of fused-ring (bicyclic) bond motifs is 3. The Morgan fingerprint density at radius 3 is 1.73 bits per heavy atom. The van der Waals surface area contributed by atoms with Gasteiger partial charge in [0.25, 0.3) is 0 Å². The van der Waals surface area contributed by atoms with Gasteiger partial charge in [0.15, 0.2) is 0 Å². The monoisotopic (exact) mass is 563 g/mol. The van der Waals surface area contributed by atoms with Crippen molar-refractivity contribution in [1.82, 2.24) is 5.32 Å². The van der Waals surface area contributed by atoms with Crippen LogP contribution in [0.15, 0.2) is 72.8 Å². The molecule has 0 aromatic heterocycles. The predicted molar refractivity (Wildman–Crippen MR) is 154 cm³/mol. The second-order valence-corrected chi connectivity index (χ2v) is 9.24. The summed E-state index contributed by atoms with van der Waals surface area (Å²) < 4.78 is 33.0. The van der Waals surface area contributed by atoms with E-state index in [1.54, 1.807) is 24.3 Å². The summed E-state index contributed by atoms with van der Waals surface area (Å²) in [6, 6.07) is 23.4. The lowest BCUT2D eigenvalue weighted by molar-refractivity contribution is -0.00427. The first-order chi connectivity index (χ1) is 20.3. The van der Waals surface area contributed by atoms with Crippen LogP contribution in [0.1, 0.15) is 27.4 Å². The Balaban J connectivity index is 0.925. The third kappa shape index (κ3) is 9.68. The van der Waals surface area contributed by atoms with Crippen molar-refractivity contribution in [1.29, 1.82) is 0 Å². The molecule has 0 spiro atoms.